The summed E-state index contributed by atoms with van der Waals surface area (Å²) in [6, 6.07) is 13.2. The summed E-state index contributed by atoms with van der Waals surface area (Å²) >= 11 is 5.97. The molecule has 0 unspecified atom stereocenters. The topological polar surface area (TPSA) is 64.3 Å². The molecule has 0 aliphatic carbocycles. The van der Waals surface area contributed by atoms with Crippen molar-refractivity contribution in [1.29, 1.82) is 0 Å². The zero-order valence-electron chi connectivity index (χ0n) is 22.5. The highest BCUT2D eigenvalue weighted by Gasteiger charge is 2.19. The molecule has 0 saturated heterocycles. The molecule has 2 aromatic carbocycles. The van der Waals surface area contributed by atoms with Gasteiger partial charge in [-0.05, 0) is 55.2 Å². The van der Waals surface area contributed by atoms with E-state index in [0.717, 1.165) is 12.2 Å². The summed E-state index contributed by atoms with van der Waals surface area (Å²) in [5.74, 6) is 0.543. The van der Waals surface area contributed by atoms with Crippen molar-refractivity contribution in [3.63, 3.8) is 0 Å². The summed E-state index contributed by atoms with van der Waals surface area (Å²) in [4.78, 5) is 12.7. The Kier molecular flexibility index (Phi) is 15.1. The van der Waals surface area contributed by atoms with E-state index < -0.39 is 6.10 Å². The molecule has 4 nitrogen and oxygen atoms in total. The van der Waals surface area contributed by atoms with Crippen molar-refractivity contribution >= 4 is 28.9 Å². The van der Waals surface area contributed by atoms with Gasteiger partial charge in [0.25, 0.3) is 5.91 Å². The molecule has 0 bridgehead atoms. The van der Waals surface area contributed by atoms with Crippen LogP contribution in [-0.4, -0.2) is 12.0 Å². The maximum atomic E-state index is 12.7. The summed E-state index contributed by atoms with van der Waals surface area (Å²) in [7, 11) is 0. The molecule has 1 amide bonds. The lowest BCUT2D eigenvalue weighted by Crippen LogP contribution is -2.32. The number of halogens is 1. The molecule has 5 heteroatoms. The molecule has 0 fully saturated rings. The predicted molar refractivity (Wildman–Crippen MR) is 155 cm³/mol. The Labute approximate surface area is 224 Å². The molecular weight excluding hydrogens is 468 g/mol. The normalized spacial score (nSPS) is 11.9. The number of hydrogen-bond acceptors (Lipinski definition) is 3. The molecule has 2 rings (SSSR count). The van der Waals surface area contributed by atoms with Gasteiger partial charge in [0, 0.05) is 5.69 Å². The number of nitrogens with one attached hydrogen (secondary N) is 1. The second-order valence-electron chi connectivity index (χ2n) is 9.88. The largest absolute Gasteiger partial charge is 0.481 e. The molecule has 0 spiro atoms. The van der Waals surface area contributed by atoms with Gasteiger partial charge in [0.1, 0.15) is 5.75 Å². The summed E-state index contributed by atoms with van der Waals surface area (Å²) < 4.78 is 6.04. The molecule has 0 saturated carbocycles. The van der Waals surface area contributed by atoms with Gasteiger partial charge in [0.2, 0.25) is 0 Å². The van der Waals surface area contributed by atoms with Gasteiger partial charge in [-0.2, -0.15) is 0 Å². The second kappa shape index (κ2) is 18.1. The second-order valence-corrected chi connectivity index (χ2v) is 10.3. The maximum absolute atomic E-state index is 12.7. The molecule has 3 N–H and O–H groups in total. The molecule has 0 aliphatic heterocycles. The number of anilines is 2. The van der Waals surface area contributed by atoms with Gasteiger partial charge in [-0.1, -0.05) is 115 Å². The minimum absolute atomic E-state index is 0.193. The summed E-state index contributed by atoms with van der Waals surface area (Å²) in [6.45, 7) is 4.22. The number of carbonyl (C=O) groups is 1. The monoisotopic (exact) mass is 514 g/mol. The number of rotatable bonds is 19. The zero-order valence-corrected chi connectivity index (χ0v) is 23.3. The maximum Gasteiger partial charge on any atom is 0.265 e. The van der Waals surface area contributed by atoms with Gasteiger partial charge in [-0.15, -0.1) is 0 Å². The third-order valence-corrected chi connectivity index (χ3v) is 7.02. The Bertz CT molecular complexity index is 887. The third kappa shape index (κ3) is 12.2. The molecular formula is C31H47ClN2O2. The highest BCUT2D eigenvalue weighted by molar-refractivity contribution is 6.33. The van der Waals surface area contributed by atoms with Crippen molar-refractivity contribution in [2.75, 3.05) is 11.1 Å². The summed E-state index contributed by atoms with van der Waals surface area (Å²) in [5.41, 5.74) is 8.15. The Morgan fingerprint density at radius 1 is 0.861 bits per heavy atom. The van der Waals surface area contributed by atoms with E-state index in [9.17, 15) is 4.79 Å². The molecule has 2 aromatic rings. The fourth-order valence-electron chi connectivity index (χ4n) is 4.45. The number of nitrogen functional groups attached to an aromatic ring is 1. The highest BCUT2D eigenvalue weighted by Crippen LogP contribution is 2.23. The van der Waals surface area contributed by atoms with E-state index in [2.05, 4.69) is 24.4 Å². The summed E-state index contributed by atoms with van der Waals surface area (Å²) in [5, 5.41) is 3.34. The van der Waals surface area contributed by atoms with Crippen LogP contribution < -0.4 is 15.8 Å². The number of nitrogens with two attached hydrogens (primary N) is 1. The lowest BCUT2D eigenvalue weighted by molar-refractivity contribution is -0.122. The predicted octanol–water partition coefficient (Wildman–Crippen LogP) is 9.35. The van der Waals surface area contributed by atoms with E-state index in [1.165, 1.54) is 89.0 Å². The Morgan fingerprint density at radius 2 is 1.47 bits per heavy atom. The summed E-state index contributed by atoms with van der Waals surface area (Å²) in [6.07, 6.45) is 18.8. The molecule has 1 atom stereocenters. The Morgan fingerprint density at radius 3 is 2.06 bits per heavy atom. The molecule has 0 radical (unpaired) electrons. The zero-order chi connectivity index (χ0) is 26.0. The van der Waals surface area contributed by atoms with Gasteiger partial charge >= 0.3 is 0 Å². The van der Waals surface area contributed by atoms with Gasteiger partial charge in [-0.25, -0.2) is 0 Å². The fraction of sp³-hybridized carbons (Fsp3) is 0.581. The van der Waals surface area contributed by atoms with Gasteiger partial charge in [0.05, 0.1) is 10.7 Å². The highest BCUT2D eigenvalue weighted by atomic mass is 35.5. The van der Waals surface area contributed by atoms with Crippen molar-refractivity contribution < 1.29 is 9.53 Å². The van der Waals surface area contributed by atoms with Gasteiger partial charge < -0.3 is 15.8 Å². The van der Waals surface area contributed by atoms with Crippen LogP contribution in [0.4, 0.5) is 11.4 Å². The molecule has 200 valence electrons. The first-order valence-electron chi connectivity index (χ1n) is 14.1. The van der Waals surface area contributed by atoms with Crippen LogP contribution in [0.15, 0.2) is 42.5 Å². The van der Waals surface area contributed by atoms with Crippen LogP contribution in [0, 0.1) is 0 Å². The van der Waals surface area contributed by atoms with Crippen molar-refractivity contribution in [1.82, 2.24) is 0 Å². The van der Waals surface area contributed by atoms with E-state index in [0.29, 0.717) is 22.8 Å². The van der Waals surface area contributed by atoms with E-state index >= 15 is 0 Å². The van der Waals surface area contributed by atoms with E-state index in [-0.39, 0.29) is 5.91 Å². The lowest BCUT2D eigenvalue weighted by Gasteiger charge is -2.18. The van der Waals surface area contributed by atoms with Gasteiger partial charge in [0.15, 0.2) is 6.10 Å². The minimum Gasteiger partial charge on any atom is -0.481 e. The first-order valence-corrected chi connectivity index (χ1v) is 14.5. The van der Waals surface area contributed by atoms with Crippen LogP contribution in [0.2, 0.25) is 5.02 Å². The van der Waals surface area contributed by atoms with E-state index in [4.69, 9.17) is 22.1 Å². The molecule has 36 heavy (non-hydrogen) atoms. The van der Waals surface area contributed by atoms with Crippen molar-refractivity contribution in [3.8, 4) is 5.75 Å². The number of aryl methyl sites for hydroxylation is 1. The van der Waals surface area contributed by atoms with Crippen molar-refractivity contribution in [2.45, 2.75) is 116 Å². The van der Waals surface area contributed by atoms with Crippen LogP contribution in [0.5, 0.6) is 5.75 Å². The minimum atomic E-state index is -0.575. The molecule has 0 aliphatic rings. The SMILES string of the molecule is CCCCCCCCCCCCCCCc1cccc(O[C@H](CC)C(=O)Nc2ccc(Cl)c(N)c2)c1. The van der Waals surface area contributed by atoms with Crippen LogP contribution in [0.1, 0.15) is 109 Å². The number of unbranched alkanes of at least 4 members (excludes halogenated alkanes) is 12. The number of ether oxygens (including phenoxy) is 1. The average Bonchev–Trinajstić information content (AvgIpc) is 2.87. The van der Waals surface area contributed by atoms with Crippen LogP contribution in [-0.2, 0) is 11.2 Å². The lowest BCUT2D eigenvalue weighted by atomic mass is 10.0. The number of benzene rings is 2. The number of amides is 1. The molecule has 0 heterocycles. The first kappa shape index (κ1) is 30.0. The van der Waals surface area contributed by atoms with Crippen molar-refractivity contribution in [2.24, 2.45) is 0 Å². The van der Waals surface area contributed by atoms with Crippen LogP contribution in [0.3, 0.4) is 0 Å². The van der Waals surface area contributed by atoms with Crippen LogP contribution in [0.25, 0.3) is 0 Å². The number of carbonyl (C=O) groups excluding carboxylic acids is 1. The van der Waals surface area contributed by atoms with Crippen molar-refractivity contribution in [3.05, 3.63) is 53.1 Å². The third-order valence-electron chi connectivity index (χ3n) is 6.67. The van der Waals surface area contributed by atoms with E-state index in [1.807, 2.05) is 19.1 Å². The fourth-order valence-corrected chi connectivity index (χ4v) is 4.57. The quantitative estimate of drug-likeness (QED) is 0.145. The smallest absolute Gasteiger partial charge is 0.265 e. The van der Waals surface area contributed by atoms with E-state index in [1.54, 1.807) is 18.2 Å². The Balaban J connectivity index is 1.63. The standard InChI is InChI=1S/C31H47ClN2O2/c1-3-5-6-7-8-9-10-11-12-13-14-15-16-18-25-19-17-20-27(23-25)36-30(4-2)31(35)34-26-21-22-28(32)29(33)24-26/h17,19-24,30H,3-16,18,33H2,1-2H3,(H,34,35)/t30-/m1/s1. The average molecular weight is 515 g/mol. The van der Waals surface area contributed by atoms with Gasteiger partial charge in [-0.3, -0.25) is 4.79 Å². The Hall–Kier alpha value is -2.20. The molecule has 0 aromatic heterocycles. The number of hydrogen-bond donors (Lipinski definition) is 2. The first-order chi connectivity index (χ1) is 17.5. The van der Waals surface area contributed by atoms with Crippen LogP contribution >= 0.6 is 11.6 Å².